The molecule has 1 aromatic rings. The second kappa shape index (κ2) is 7.06. The van der Waals surface area contributed by atoms with E-state index >= 15 is 0 Å². The maximum atomic E-state index is 12.5. The largest absolute Gasteiger partial charge is 0.507 e. The summed E-state index contributed by atoms with van der Waals surface area (Å²) in [6.45, 7) is 1.74. The molecule has 2 aliphatic rings. The number of phenols is 2. The zero-order chi connectivity index (χ0) is 18.1. The quantitative estimate of drug-likeness (QED) is 0.541. The lowest BCUT2D eigenvalue weighted by atomic mass is 9.99. The van der Waals surface area contributed by atoms with E-state index in [1.54, 1.807) is 13.0 Å². The van der Waals surface area contributed by atoms with Crippen LogP contribution in [0.5, 0.6) is 11.5 Å². The average Bonchev–Trinajstić information content (AvgIpc) is 3.25. The summed E-state index contributed by atoms with van der Waals surface area (Å²) >= 11 is 6.07. The van der Waals surface area contributed by atoms with E-state index in [0.29, 0.717) is 12.8 Å². The molecule has 1 saturated heterocycles. The van der Waals surface area contributed by atoms with Crippen molar-refractivity contribution in [2.75, 3.05) is 0 Å². The third-order valence-corrected chi connectivity index (χ3v) is 4.78. The Bertz CT molecular complexity index is 742. The summed E-state index contributed by atoms with van der Waals surface area (Å²) in [5.41, 5.74) is -0.134. The molecule has 134 valence electrons. The van der Waals surface area contributed by atoms with Crippen LogP contribution in [0.3, 0.4) is 0 Å². The van der Waals surface area contributed by atoms with Crippen LogP contribution in [0.4, 0.5) is 0 Å². The molecule has 0 unspecified atom stereocenters. The topological polar surface area (TPSA) is 96.4 Å². The van der Waals surface area contributed by atoms with Crippen molar-refractivity contribution in [1.82, 2.24) is 0 Å². The summed E-state index contributed by atoms with van der Waals surface area (Å²) in [5.74, 6) is -1.95. The SMILES string of the molecule is C[C@H]1C[C@H]2O[C@@H]2CC/C=C\C(=O)Cc2c(Cl)c(O)cc(O)c2C(=O)O1. The molecule has 0 spiro atoms. The minimum absolute atomic E-state index is 0.0336. The van der Waals surface area contributed by atoms with Crippen molar-refractivity contribution >= 4 is 23.4 Å². The Labute approximate surface area is 150 Å². The lowest BCUT2D eigenvalue weighted by Crippen LogP contribution is -2.20. The van der Waals surface area contributed by atoms with Crippen LogP contribution in [-0.4, -0.2) is 40.3 Å². The predicted octanol–water partition coefficient (Wildman–Crippen LogP) is 2.92. The molecule has 1 fully saturated rings. The molecule has 25 heavy (non-hydrogen) atoms. The Morgan fingerprint density at radius 3 is 2.72 bits per heavy atom. The van der Waals surface area contributed by atoms with Gasteiger partial charge in [0, 0.05) is 24.5 Å². The molecular weight excluding hydrogens is 348 g/mol. The molecule has 0 aromatic heterocycles. The van der Waals surface area contributed by atoms with Gasteiger partial charge in [-0.3, -0.25) is 4.79 Å². The van der Waals surface area contributed by atoms with Gasteiger partial charge in [-0.2, -0.15) is 0 Å². The van der Waals surface area contributed by atoms with Crippen molar-refractivity contribution in [3.8, 4) is 11.5 Å². The molecule has 0 bridgehead atoms. The normalized spacial score (nSPS) is 28.3. The summed E-state index contributed by atoms with van der Waals surface area (Å²) in [6, 6.07) is 0.969. The first-order chi connectivity index (χ1) is 11.9. The number of rotatable bonds is 0. The summed E-state index contributed by atoms with van der Waals surface area (Å²) in [5, 5.41) is 19.8. The number of carbonyl (C=O) groups is 2. The number of phenolic OH excluding ortho intramolecular Hbond substituents is 2. The van der Waals surface area contributed by atoms with Crippen molar-refractivity contribution in [3.05, 3.63) is 34.4 Å². The van der Waals surface area contributed by atoms with Gasteiger partial charge in [0.05, 0.1) is 17.2 Å². The number of ether oxygens (including phenoxy) is 2. The Hall–Kier alpha value is -2.05. The van der Waals surface area contributed by atoms with Crippen LogP contribution >= 0.6 is 11.6 Å². The number of aromatic hydroxyl groups is 2. The molecule has 6 nitrogen and oxygen atoms in total. The fourth-order valence-electron chi connectivity index (χ4n) is 3.04. The number of hydrogen-bond acceptors (Lipinski definition) is 6. The van der Waals surface area contributed by atoms with Crippen LogP contribution in [0.2, 0.25) is 5.02 Å². The number of hydrogen-bond donors (Lipinski definition) is 2. The van der Waals surface area contributed by atoms with E-state index in [2.05, 4.69) is 0 Å². The maximum Gasteiger partial charge on any atom is 0.342 e. The maximum absolute atomic E-state index is 12.5. The lowest BCUT2D eigenvalue weighted by Gasteiger charge is -2.16. The molecule has 0 aliphatic carbocycles. The number of fused-ring (bicyclic) bond motifs is 2. The predicted molar refractivity (Wildman–Crippen MR) is 90.0 cm³/mol. The van der Waals surface area contributed by atoms with Gasteiger partial charge in [0.2, 0.25) is 0 Å². The Balaban J connectivity index is 1.98. The van der Waals surface area contributed by atoms with Gasteiger partial charge in [0.15, 0.2) is 5.78 Å². The minimum atomic E-state index is -0.784. The fraction of sp³-hybridized carbons (Fsp3) is 0.444. The Kier molecular flexibility index (Phi) is 5.01. The van der Waals surface area contributed by atoms with Crippen LogP contribution in [0.15, 0.2) is 18.2 Å². The van der Waals surface area contributed by atoms with E-state index in [0.717, 1.165) is 12.5 Å². The molecule has 2 aliphatic heterocycles. The highest BCUT2D eigenvalue weighted by Crippen LogP contribution is 2.38. The van der Waals surface area contributed by atoms with Gasteiger partial charge in [0.1, 0.15) is 23.2 Å². The summed E-state index contributed by atoms with van der Waals surface area (Å²) in [4.78, 5) is 24.7. The van der Waals surface area contributed by atoms with Crippen LogP contribution < -0.4 is 0 Å². The molecule has 0 amide bonds. The molecule has 0 saturated carbocycles. The lowest BCUT2D eigenvalue weighted by molar-refractivity contribution is -0.114. The van der Waals surface area contributed by atoms with Crippen molar-refractivity contribution in [2.45, 2.75) is 50.9 Å². The highest BCUT2D eigenvalue weighted by atomic mass is 35.5. The molecule has 2 N–H and O–H groups in total. The van der Waals surface area contributed by atoms with Gasteiger partial charge in [-0.15, -0.1) is 0 Å². The highest BCUT2D eigenvalue weighted by Gasteiger charge is 2.39. The van der Waals surface area contributed by atoms with Gasteiger partial charge in [-0.1, -0.05) is 17.7 Å². The molecule has 3 rings (SSSR count). The first kappa shape index (κ1) is 17.8. The van der Waals surface area contributed by atoms with E-state index in [1.807, 2.05) is 0 Å². The summed E-state index contributed by atoms with van der Waals surface area (Å²) < 4.78 is 10.9. The molecule has 0 radical (unpaired) electrons. The molecule has 7 heteroatoms. The zero-order valence-corrected chi connectivity index (χ0v) is 14.5. The van der Waals surface area contributed by atoms with Crippen LogP contribution in [0.25, 0.3) is 0 Å². The third-order valence-electron chi connectivity index (χ3n) is 4.36. The van der Waals surface area contributed by atoms with Crippen molar-refractivity contribution in [2.24, 2.45) is 0 Å². The average molecular weight is 367 g/mol. The van der Waals surface area contributed by atoms with Gasteiger partial charge < -0.3 is 19.7 Å². The number of allylic oxidation sites excluding steroid dienone is 2. The fourth-order valence-corrected chi connectivity index (χ4v) is 3.26. The number of benzene rings is 1. The van der Waals surface area contributed by atoms with Crippen molar-refractivity contribution < 1.29 is 29.3 Å². The minimum Gasteiger partial charge on any atom is -0.507 e. The van der Waals surface area contributed by atoms with E-state index in [1.165, 1.54) is 6.08 Å². The molecule has 1 aromatic carbocycles. The van der Waals surface area contributed by atoms with Crippen LogP contribution in [-0.2, 0) is 20.7 Å². The second-order valence-corrected chi connectivity index (χ2v) is 6.75. The molecule has 2 heterocycles. The van der Waals surface area contributed by atoms with E-state index in [4.69, 9.17) is 21.1 Å². The molecule has 3 atom stereocenters. The Morgan fingerprint density at radius 1 is 1.20 bits per heavy atom. The molecular formula is C18H19ClO6. The Morgan fingerprint density at radius 2 is 1.96 bits per heavy atom. The number of esters is 1. The zero-order valence-electron chi connectivity index (χ0n) is 13.7. The van der Waals surface area contributed by atoms with E-state index < -0.39 is 23.6 Å². The van der Waals surface area contributed by atoms with Crippen molar-refractivity contribution in [3.63, 3.8) is 0 Å². The monoisotopic (exact) mass is 366 g/mol. The highest BCUT2D eigenvalue weighted by molar-refractivity contribution is 6.33. The number of cyclic esters (lactones) is 1. The summed E-state index contributed by atoms with van der Waals surface area (Å²) in [6.07, 6.45) is 4.74. The van der Waals surface area contributed by atoms with Gasteiger partial charge in [0.25, 0.3) is 0 Å². The van der Waals surface area contributed by atoms with Gasteiger partial charge >= 0.3 is 5.97 Å². The third kappa shape index (κ3) is 3.96. The van der Waals surface area contributed by atoms with Gasteiger partial charge in [-0.25, -0.2) is 4.79 Å². The van der Waals surface area contributed by atoms with Crippen LogP contribution in [0, 0.1) is 0 Å². The first-order valence-corrected chi connectivity index (χ1v) is 8.53. The number of ketones is 1. The van der Waals surface area contributed by atoms with E-state index in [9.17, 15) is 19.8 Å². The van der Waals surface area contributed by atoms with Crippen LogP contribution in [0.1, 0.15) is 42.1 Å². The smallest absolute Gasteiger partial charge is 0.342 e. The van der Waals surface area contributed by atoms with Crippen molar-refractivity contribution in [1.29, 1.82) is 0 Å². The number of halogens is 1. The van der Waals surface area contributed by atoms with Gasteiger partial charge in [-0.05, 0) is 25.8 Å². The number of carbonyl (C=O) groups excluding carboxylic acids is 2. The first-order valence-electron chi connectivity index (χ1n) is 8.16. The standard InChI is InChI=1S/C18H19ClO6/c1-9-6-15-14(25-15)5-3-2-4-10(20)7-11-16(18(23)24-9)12(21)8-13(22)17(11)19/h2,4,8-9,14-15,21-22H,3,5-7H2,1H3/b4-2-/t9-,14+,15+/m0/s1. The second-order valence-electron chi connectivity index (χ2n) is 6.37. The number of epoxide rings is 1. The van der Waals surface area contributed by atoms with E-state index in [-0.39, 0.29) is 40.6 Å². The summed E-state index contributed by atoms with van der Waals surface area (Å²) in [7, 11) is 0.